The molecule has 1 rings (SSSR count). The topological polar surface area (TPSA) is 81.7 Å². The second-order valence-corrected chi connectivity index (χ2v) is 9.22. The molecule has 9 heteroatoms. The Kier molecular flexibility index (Phi) is 8.14. The van der Waals surface area contributed by atoms with E-state index in [1.165, 1.54) is 23.1 Å². The first-order chi connectivity index (χ1) is 11.1. The molecule has 0 aromatic carbocycles. The van der Waals surface area contributed by atoms with Crippen LogP contribution >= 0.6 is 35.3 Å². The van der Waals surface area contributed by atoms with Gasteiger partial charge in [-0.1, -0.05) is 30.0 Å². The number of thioether (sulfide) groups is 1. The number of hydrogen-bond donors (Lipinski definition) is 3. The van der Waals surface area contributed by atoms with Crippen molar-refractivity contribution in [3.63, 3.8) is 0 Å². The van der Waals surface area contributed by atoms with E-state index in [1.807, 2.05) is 19.0 Å². The van der Waals surface area contributed by atoms with E-state index in [-0.39, 0.29) is 0 Å². The van der Waals surface area contributed by atoms with Crippen molar-refractivity contribution in [3.8, 4) is 0 Å². The van der Waals surface area contributed by atoms with E-state index >= 15 is 0 Å². The molecule has 1 aromatic heterocycles. The smallest absolute Gasteiger partial charge is 0.327 e. The fourth-order valence-electron chi connectivity index (χ4n) is 1.86. The average molecular weight is 390 g/mol. The summed E-state index contributed by atoms with van der Waals surface area (Å²) in [5.74, 6) is -1.48. The molecule has 0 fully saturated rings. The molecule has 0 radical (unpaired) electrons. The van der Waals surface area contributed by atoms with E-state index in [0.717, 1.165) is 6.54 Å². The van der Waals surface area contributed by atoms with Gasteiger partial charge in [0.25, 0.3) is 5.91 Å². The summed E-state index contributed by atoms with van der Waals surface area (Å²) in [5, 5.41) is 17.0. The van der Waals surface area contributed by atoms with Crippen LogP contribution in [0.5, 0.6) is 0 Å². The molecular formula is C15H23N3O3S3. The first kappa shape index (κ1) is 20.9. The lowest BCUT2D eigenvalue weighted by atomic mass is 10.0. The quantitative estimate of drug-likeness (QED) is 0.586. The molecule has 0 saturated carbocycles. The van der Waals surface area contributed by atoms with E-state index in [2.05, 4.69) is 10.6 Å². The Morgan fingerprint density at radius 2 is 2.12 bits per heavy atom. The molecular weight excluding hydrogens is 366 g/mol. The van der Waals surface area contributed by atoms with E-state index in [4.69, 9.17) is 12.2 Å². The summed E-state index contributed by atoms with van der Waals surface area (Å²) < 4.78 is -0.292. The first-order valence-electron chi connectivity index (χ1n) is 7.32. The minimum absolute atomic E-state index is 0.391. The molecule has 0 unspecified atom stereocenters. The number of aliphatic carboxylic acids is 1. The van der Waals surface area contributed by atoms with Crippen LogP contribution in [0.2, 0.25) is 0 Å². The summed E-state index contributed by atoms with van der Waals surface area (Å²) in [6, 6.07) is 2.34. The summed E-state index contributed by atoms with van der Waals surface area (Å²) in [7, 11) is 3.92. The number of carboxylic acid groups (broad SMARTS) is 1. The van der Waals surface area contributed by atoms with Crippen molar-refractivity contribution in [1.82, 2.24) is 15.5 Å². The Morgan fingerprint density at radius 1 is 1.46 bits per heavy atom. The number of thiophene rings is 1. The Bertz CT molecular complexity index is 574. The normalized spacial score (nSPS) is 12.7. The Balaban J connectivity index is 2.69. The number of carbonyl (C=O) groups is 2. The third-order valence-corrected chi connectivity index (χ3v) is 5.50. The maximum atomic E-state index is 12.2. The van der Waals surface area contributed by atoms with Gasteiger partial charge in [0.05, 0.1) is 4.88 Å². The highest BCUT2D eigenvalue weighted by Gasteiger charge is 2.38. The highest BCUT2D eigenvalue weighted by atomic mass is 32.2. The van der Waals surface area contributed by atoms with Crippen molar-refractivity contribution >= 4 is 51.5 Å². The van der Waals surface area contributed by atoms with Crippen LogP contribution in [0.15, 0.2) is 17.5 Å². The highest BCUT2D eigenvalue weighted by Crippen LogP contribution is 2.29. The van der Waals surface area contributed by atoms with Gasteiger partial charge in [-0.25, -0.2) is 4.79 Å². The SMILES string of the molecule is CN(C)CCNC(=S)SC(C)(C)[C@H](NC(=O)c1cccs1)C(=O)O. The molecule has 0 saturated heterocycles. The van der Waals surface area contributed by atoms with Crippen molar-refractivity contribution in [3.05, 3.63) is 22.4 Å². The summed E-state index contributed by atoms with van der Waals surface area (Å²) in [5.41, 5.74) is 0. The zero-order chi connectivity index (χ0) is 18.3. The molecule has 24 heavy (non-hydrogen) atoms. The van der Waals surface area contributed by atoms with Crippen molar-refractivity contribution in [2.24, 2.45) is 0 Å². The third-order valence-electron chi connectivity index (χ3n) is 3.15. The molecule has 134 valence electrons. The maximum absolute atomic E-state index is 12.2. The van der Waals surface area contributed by atoms with Crippen molar-refractivity contribution in [2.75, 3.05) is 27.2 Å². The molecule has 0 bridgehead atoms. The van der Waals surface area contributed by atoms with Gasteiger partial charge >= 0.3 is 5.97 Å². The van der Waals surface area contributed by atoms with E-state index < -0.39 is 22.7 Å². The maximum Gasteiger partial charge on any atom is 0.327 e. The van der Waals surface area contributed by atoms with Crippen LogP contribution in [-0.2, 0) is 4.79 Å². The molecule has 0 aliphatic rings. The molecule has 1 aromatic rings. The fraction of sp³-hybridized carbons (Fsp3) is 0.533. The number of rotatable bonds is 8. The predicted molar refractivity (Wildman–Crippen MR) is 104 cm³/mol. The molecule has 1 heterocycles. The van der Waals surface area contributed by atoms with Crippen molar-refractivity contribution < 1.29 is 14.7 Å². The van der Waals surface area contributed by atoms with E-state index in [9.17, 15) is 14.7 Å². The van der Waals surface area contributed by atoms with Gasteiger partial charge in [0.1, 0.15) is 10.4 Å². The van der Waals surface area contributed by atoms with Crippen LogP contribution in [0.25, 0.3) is 0 Å². The lowest BCUT2D eigenvalue weighted by Gasteiger charge is -2.31. The van der Waals surface area contributed by atoms with Crippen LogP contribution in [0.1, 0.15) is 23.5 Å². The largest absolute Gasteiger partial charge is 0.480 e. The van der Waals surface area contributed by atoms with Gasteiger partial charge in [0, 0.05) is 17.8 Å². The molecule has 0 aliphatic carbocycles. The zero-order valence-corrected chi connectivity index (χ0v) is 16.6. The van der Waals surface area contributed by atoms with Crippen molar-refractivity contribution in [2.45, 2.75) is 24.6 Å². The number of carbonyl (C=O) groups excluding carboxylic acids is 1. The Labute approximate surface area is 156 Å². The monoisotopic (exact) mass is 389 g/mol. The molecule has 3 N–H and O–H groups in total. The summed E-state index contributed by atoms with van der Waals surface area (Å²) >= 11 is 7.79. The summed E-state index contributed by atoms with van der Waals surface area (Å²) in [6.07, 6.45) is 0. The molecule has 0 aliphatic heterocycles. The number of thiocarbonyl (C=S) groups is 1. The Morgan fingerprint density at radius 3 is 2.62 bits per heavy atom. The van der Waals surface area contributed by atoms with Crippen molar-refractivity contribution in [1.29, 1.82) is 0 Å². The second-order valence-electron chi connectivity index (χ2n) is 5.95. The number of hydrogen-bond acceptors (Lipinski definition) is 6. The van der Waals surface area contributed by atoms with Gasteiger partial charge in [0.2, 0.25) is 0 Å². The number of nitrogens with one attached hydrogen (secondary N) is 2. The number of carboxylic acids is 1. The lowest BCUT2D eigenvalue weighted by molar-refractivity contribution is -0.139. The van der Waals surface area contributed by atoms with Crippen LogP contribution in [0, 0.1) is 0 Å². The number of amides is 1. The molecule has 6 nitrogen and oxygen atoms in total. The number of likely N-dealkylation sites (N-methyl/N-ethyl adjacent to an activating group) is 1. The van der Waals surface area contributed by atoms with Gasteiger partial charge in [-0.05, 0) is 39.4 Å². The van der Waals surface area contributed by atoms with Gasteiger partial charge in [-0.15, -0.1) is 11.3 Å². The highest BCUT2D eigenvalue weighted by molar-refractivity contribution is 8.23. The van der Waals surface area contributed by atoms with Gasteiger partial charge < -0.3 is 20.6 Å². The molecule has 1 atom stereocenters. The molecule has 1 amide bonds. The average Bonchev–Trinajstić information content (AvgIpc) is 2.97. The number of nitrogens with zero attached hydrogens (tertiary/aromatic N) is 1. The van der Waals surface area contributed by atoms with E-state index in [0.29, 0.717) is 15.7 Å². The summed E-state index contributed by atoms with van der Waals surface area (Å²) in [4.78, 5) is 26.3. The van der Waals surface area contributed by atoms with Crippen LogP contribution < -0.4 is 10.6 Å². The minimum Gasteiger partial charge on any atom is -0.480 e. The Hall–Kier alpha value is -1.16. The first-order valence-corrected chi connectivity index (χ1v) is 9.42. The van der Waals surface area contributed by atoms with Crippen LogP contribution in [-0.4, -0.2) is 64.2 Å². The van der Waals surface area contributed by atoms with Gasteiger partial charge in [-0.3, -0.25) is 4.79 Å². The van der Waals surface area contributed by atoms with Crippen LogP contribution in [0.3, 0.4) is 0 Å². The zero-order valence-electron chi connectivity index (χ0n) is 14.2. The minimum atomic E-state index is -1.09. The second kappa shape index (κ2) is 9.36. The van der Waals surface area contributed by atoms with Crippen LogP contribution in [0.4, 0.5) is 0 Å². The van der Waals surface area contributed by atoms with E-state index in [1.54, 1.807) is 31.4 Å². The predicted octanol–water partition coefficient (Wildman–Crippen LogP) is 1.88. The standard InChI is InChI=1S/C15H23N3O3S3/c1-15(2,24-14(22)16-7-8-18(3)4)11(13(20)21)17-12(19)10-6-5-9-23-10/h5-6,9,11H,7-8H2,1-4H3,(H,16,22)(H,17,19)(H,20,21)/t11-/m1/s1. The van der Waals surface area contributed by atoms with Gasteiger partial charge in [0.15, 0.2) is 0 Å². The molecule has 0 spiro atoms. The lowest BCUT2D eigenvalue weighted by Crippen LogP contribution is -2.53. The van der Waals surface area contributed by atoms with Gasteiger partial charge in [-0.2, -0.15) is 0 Å². The summed E-state index contributed by atoms with van der Waals surface area (Å²) in [6.45, 7) is 5.00. The third kappa shape index (κ3) is 6.76. The fourth-order valence-corrected chi connectivity index (χ4v) is 4.16.